The lowest BCUT2D eigenvalue weighted by Gasteiger charge is -2.24. The molecular formula is C29H29N3O3. The van der Waals surface area contributed by atoms with E-state index in [2.05, 4.69) is 10.3 Å². The van der Waals surface area contributed by atoms with Gasteiger partial charge in [-0.3, -0.25) is 9.59 Å². The fourth-order valence-corrected chi connectivity index (χ4v) is 4.98. The number of hydrogen-bond donors (Lipinski definition) is 2. The first kappa shape index (κ1) is 24.2. The van der Waals surface area contributed by atoms with Crippen LogP contribution >= 0.6 is 0 Å². The maximum absolute atomic E-state index is 13.6. The van der Waals surface area contributed by atoms with E-state index in [1.54, 1.807) is 12.3 Å². The summed E-state index contributed by atoms with van der Waals surface area (Å²) in [4.78, 5) is 28.8. The van der Waals surface area contributed by atoms with Crippen LogP contribution in [0, 0.1) is 24.2 Å². The standard InChI is InChI=1S/C29H29N3O3/c1-19-20(14-16-27(33)34)7-4-8-26(19)32-29(35)28(22-5-2-3-6-22)23-11-9-21(10-12-23)24-13-15-25(17-30)31-18-24/h4,7-13,15,18,22,28H,2-3,5-6,14,16H2,1H3,(H,32,35)(H,33,34)/t28-/m1/s1. The van der Waals surface area contributed by atoms with Crippen molar-refractivity contribution in [2.24, 2.45) is 5.92 Å². The van der Waals surface area contributed by atoms with Crippen LogP contribution in [0.2, 0.25) is 0 Å². The Bertz CT molecular complexity index is 1240. The van der Waals surface area contributed by atoms with Gasteiger partial charge in [0, 0.05) is 23.9 Å². The van der Waals surface area contributed by atoms with Gasteiger partial charge in [-0.25, -0.2) is 4.98 Å². The largest absolute Gasteiger partial charge is 0.481 e. The van der Waals surface area contributed by atoms with Gasteiger partial charge in [-0.2, -0.15) is 5.26 Å². The van der Waals surface area contributed by atoms with E-state index in [0.29, 0.717) is 12.1 Å². The molecule has 0 aliphatic heterocycles. The molecule has 0 unspecified atom stereocenters. The summed E-state index contributed by atoms with van der Waals surface area (Å²) in [7, 11) is 0. The van der Waals surface area contributed by atoms with Gasteiger partial charge in [0.25, 0.3) is 0 Å². The van der Waals surface area contributed by atoms with Crippen molar-refractivity contribution in [2.45, 2.75) is 51.4 Å². The lowest BCUT2D eigenvalue weighted by atomic mass is 9.83. The molecule has 2 N–H and O–H groups in total. The summed E-state index contributed by atoms with van der Waals surface area (Å²) in [5.41, 5.74) is 5.86. The molecule has 1 aliphatic carbocycles. The quantitative estimate of drug-likeness (QED) is 0.432. The fraction of sp³-hybridized carbons (Fsp3) is 0.310. The Kier molecular flexibility index (Phi) is 7.57. The number of aryl methyl sites for hydroxylation is 1. The van der Waals surface area contributed by atoms with Crippen LogP contribution in [0.4, 0.5) is 5.69 Å². The number of hydrogen-bond acceptors (Lipinski definition) is 4. The number of carboxylic acids is 1. The topological polar surface area (TPSA) is 103 Å². The Labute approximate surface area is 205 Å². The van der Waals surface area contributed by atoms with Gasteiger partial charge in [0.2, 0.25) is 5.91 Å². The lowest BCUT2D eigenvalue weighted by Crippen LogP contribution is -2.27. The van der Waals surface area contributed by atoms with Crippen molar-refractivity contribution in [2.75, 3.05) is 5.32 Å². The lowest BCUT2D eigenvalue weighted by molar-refractivity contribution is -0.137. The number of pyridine rings is 1. The van der Waals surface area contributed by atoms with Gasteiger partial charge in [-0.15, -0.1) is 0 Å². The van der Waals surface area contributed by atoms with Crippen LogP contribution in [-0.2, 0) is 16.0 Å². The second-order valence-electron chi connectivity index (χ2n) is 9.16. The van der Waals surface area contributed by atoms with E-state index in [-0.39, 0.29) is 24.2 Å². The molecule has 0 spiro atoms. The van der Waals surface area contributed by atoms with Gasteiger partial charge in [-0.05, 0) is 72.6 Å². The second-order valence-corrected chi connectivity index (χ2v) is 9.16. The van der Waals surface area contributed by atoms with Crippen molar-refractivity contribution in [3.05, 3.63) is 83.2 Å². The third-order valence-corrected chi connectivity index (χ3v) is 6.95. The van der Waals surface area contributed by atoms with Gasteiger partial charge in [0.1, 0.15) is 11.8 Å². The minimum Gasteiger partial charge on any atom is -0.481 e. The summed E-state index contributed by atoms with van der Waals surface area (Å²) in [5.74, 6) is -0.829. The van der Waals surface area contributed by atoms with E-state index in [1.165, 1.54) is 0 Å². The van der Waals surface area contributed by atoms with E-state index >= 15 is 0 Å². The van der Waals surface area contributed by atoms with Crippen LogP contribution < -0.4 is 5.32 Å². The third-order valence-electron chi connectivity index (χ3n) is 6.95. The van der Waals surface area contributed by atoms with Crippen LogP contribution in [-0.4, -0.2) is 22.0 Å². The van der Waals surface area contributed by atoms with E-state index in [4.69, 9.17) is 10.4 Å². The van der Waals surface area contributed by atoms with Crippen molar-refractivity contribution in [3.8, 4) is 17.2 Å². The molecule has 1 saturated carbocycles. The molecule has 1 fully saturated rings. The number of anilines is 1. The number of amides is 1. The molecule has 1 amide bonds. The first-order valence-corrected chi connectivity index (χ1v) is 12.0. The summed E-state index contributed by atoms with van der Waals surface area (Å²) in [5, 5.41) is 21.1. The fourth-order valence-electron chi connectivity index (χ4n) is 4.98. The van der Waals surface area contributed by atoms with Gasteiger partial charge in [0.05, 0.1) is 5.92 Å². The normalized spacial score (nSPS) is 14.3. The molecule has 2 aromatic carbocycles. The number of carbonyl (C=O) groups excluding carboxylic acids is 1. The Hall–Kier alpha value is -3.98. The molecule has 1 aromatic heterocycles. The van der Waals surface area contributed by atoms with E-state index in [9.17, 15) is 9.59 Å². The van der Waals surface area contributed by atoms with Gasteiger partial charge in [0.15, 0.2) is 0 Å². The molecular weight excluding hydrogens is 438 g/mol. The van der Waals surface area contributed by atoms with Crippen molar-refractivity contribution < 1.29 is 14.7 Å². The Morgan fingerprint density at radius 2 is 1.80 bits per heavy atom. The van der Waals surface area contributed by atoms with Crippen LogP contribution in [0.25, 0.3) is 11.1 Å². The minimum absolute atomic E-state index is 0.0248. The molecule has 35 heavy (non-hydrogen) atoms. The number of aromatic nitrogens is 1. The summed E-state index contributed by atoms with van der Waals surface area (Å²) in [6, 6.07) is 19.3. The number of carbonyl (C=O) groups is 2. The highest BCUT2D eigenvalue weighted by Gasteiger charge is 2.32. The molecule has 0 radical (unpaired) electrons. The summed E-state index contributed by atoms with van der Waals surface area (Å²) in [6.07, 6.45) is 6.50. The maximum Gasteiger partial charge on any atom is 0.303 e. The summed E-state index contributed by atoms with van der Waals surface area (Å²) < 4.78 is 0. The smallest absolute Gasteiger partial charge is 0.303 e. The van der Waals surface area contributed by atoms with Gasteiger partial charge in [-0.1, -0.05) is 49.2 Å². The summed E-state index contributed by atoms with van der Waals surface area (Å²) in [6.45, 7) is 1.93. The monoisotopic (exact) mass is 467 g/mol. The first-order valence-electron chi connectivity index (χ1n) is 12.0. The molecule has 6 nitrogen and oxygen atoms in total. The number of aliphatic carboxylic acids is 1. The zero-order chi connectivity index (χ0) is 24.8. The highest BCUT2D eigenvalue weighted by atomic mass is 16.4. The zero-order valence-electron chi connectivity index (χ0n) is 19.8. The van der Waals surface area contributed by atoms with Gasteiger partial charge >= 0.3 is 5.97 Å². The highest BCUT2D eigenvalue weighted by molar-refractivity contribution is 5.97. The number of nitriles is 1. The highest BCUT2D eigenvalue weighted by Crippen LogP contribution is 2.39. The maximum atomic E-state index is 13.6. The number of benzene rings is 2. The molecule has 1 heterocycles. The van der Waals surface area contributed by atoms with Crippen LogP contribution in [0.1, 0.15) is 60.4 Å². The molecule has 0 saturated heterocycles. The number of nitrogens with zero attached hydrogens (tertiary/aromatic N) is 2. The SMILES string of the molecule is Cc1c(CCC(=O)O)cccc1NC(=O)[C@@H](c1ccc(-c2ccc(C#N)nc2)cc1)C1CCCC1. The molecule has 178 valence electrons. The Balaban J connectivity index is 1.57. The Morgan fingerprint density at radius 1 is 1.09 bits per heavy atom. The van der Waals surface area contributed by atoms with Gasteiger partial charge < -0.3 is 10.4 Å². The molecule has 3 aromatic rings. The first-order chi connectivity index (χ1) is 17.0. The third kappa shape index (κ3) is 5.75. The van der Waals surface area contributed by atoms with E-state index in [0.717, 1.165) is 59.2 Å². The summed E-state index contributed by atoms with van der Waals surface area (Å²) >= 11 is 0. The average molecular weight is 468 g/mol. The molecule has 4 rings (SSSR count). The molecule has 0 bridgehead atoms. The average Bonchev–Trinajstić information content (AvgIpc) is 3.39. The minimum atomic E-state index is -0.833. The predicted octanol–water partition coefficient (Wildman–Crippen LogP) is 5.86. The van der Waals surface area contributed by atoms with Crippen LogP contribution in [0.3, 0.4) is 0 Å². The van der Waals surface area contributed by atoms with Crippen molar-refractivity contribution >= 4 is 17.6 Å². The number of carboxylic acid groups (broad SMARTS) is 1. The number of nitrogens with one attached hydrogen (secondary N) is 1. The van der Waals surface area contributed by atoms with Crippen LogP contribution in [0.5, 0.6) is 0 Å². The molecule has 1 atom stereocenters. The molecule has 1 aliphatic rings. The van der Waals surface area contributed by atoms with Crippen molar-refractivity contribution in [3.63, 3.8) is 0 Å². The Morgan fingerprint density at radius 3 is 2.43 bits per heavy atom. The van der Waals surface area contributed by atoms with E-state index in [1.807, 2.05) is 61.5 Å². The van der Waals surface area contributed by atoms with Crippen molar-refractivity contribution in [1.29, 1.82) is 5.26 Å². The van der Waals surface area contributed by atoms with E-state index < -0.39 is 5.97 Å². The zero-order valence-corrected chi connectivity index (χ0v) is 19.8. The van der Waals surface area contributed by atoms with Crippen molar-refractivity contribution in [1.82, 2.24) is 4.98 Å². The number of rotatable bonds is 8. The van der Waals surface area contributed by atoms with Crippen LogP contribution in [0.15, 0.2) is 60.8 Å². The second kappa shape index (κ2) is 11.0. The molecule has 6 heteroatoms. The predicted molar refractivity (Wildman–Crippen MR) is 135 cm³/mol.